The molecule has 2 aromatic carbocycles. The zero-order valence-electron chi connectivity index (χ0n) is 17.1. The summed E-state index contributed by atoms with van der Waals surface area (Å²) in [5, 5.41) is 0. The van der Waals surface area contributed by atoms with E-state index in [2.05, 4.69) is 0 Å². The van der Waals surface area contributed by atoms with Crippen molar-refractivity contribution >= 4 is 15.7 Å². The third kappa shape index (κ3) is 4.31. The lowest BCUT2D eigenvalue weighted by atomic mass is 9.96. The van der Waals surface area contributed by atoms with E-state index < -0.39 is 10.0 Å². The maximum Gasteiger partial charge on any atom is 0.243 e. The van der Waals surface area contributed by atoms with Crippen LogP contribution in [0.4, 0.5) is 10.1 Å². The van der Waals surface area contributed by atoms with Crippen molar-refractivity contribution in [2.75, 3.05) is 50.9 Å². The minimum atomic E-state index is -3.51. The molecule has 0 unspecified atom stereocenters. The van der Waals surface area contributed by atoms with E-state index in [0.29, 0.717) is 50.9 Å². The SMILES string of the molecule is Cc1ccc(F)c2c1CCCN2CCOc1ccc(S(=O)(=O)N2CCOCC2)cc1. The average Bonchev–Trinajstić information content (AvgIpc) is 2.77. The van der Waals surface area contributed by atoms with Gasteiger partial charge in [0.05, 0.1) is 30.3 Å². The molecule has 1 saturated heterocycles. The van der Waals surface area contributed by atoms with Crippen molar-refractivity contribution in [3.63, 3.8) is 0 Å². The Morgan fingerprint density at radius 2 is 1.80 bits per heavy atom. The molecule has 6 nitrogen and oxygen atoms in total. The molecule has 0 N–H and O–H groups in total. The van der Waals surface area contributed by atoms with E-state index in [9.17, 15) is 12.8 Å². The number of sulfonamides is 1. The first-order chi connectivity index (χ1) is 14.5. The molecule has 0 aromatic heterocycles. The third-order valence-corrected chi connectivity index (χ3v) is 7.61. The third-order valence-electron chi connectivity index (χ3n) is 5.70. The average molecular weight is 435 g/mol. The molecule has 0 bridgehead atoms. The number of rotatable bonds is 6. The maximum absolute atomic E-state index is 14.4. The molecular formula is C22H27FN2O4S. The van der Waals surface area contributed by atoms with Crippen LogP contribution in [0.25, 0.3) is 0 Å². The van der Waals surface area contributed by atoms with Gasteiger partial charge in [-0.05, 0) is 61.2 Å². The minimum Gasteiger partial charge on any atom is -0.492 e. The number of halogens is 1. The van der Waals surface area contributed by atoms with Crippen molar-refractivity contribution in [1.29, 1.82) is 0 Å². The summed E-state index contributed by atoms with van der Waals surface area (Å²) in [7, 11) is -3.51. The van der Waals surface area contributed by atoms with Crippen molar-refractivity contribution in [2.24, 2.45) is 0 Å². The molecule has 0 atom stereocenters. The van der Waals surface area contributed by atoms with Gasteiger partial charge in [-0.25, -0.2) is 12.8 Å². The van der Waals surface area contributed by atoms with Crippen LogP contribution < -0.4 is 9.64 Å². The summed E-state index contributed by atoms with van der Waals surface area (Å²) in [5.41, 5.74) is 2.89. The number of morpholine rings is 1. The number of fused-ring (bicyclic) bond motifs is 1. The fourth-order valence-corrected chi connectivity index (χ4v) is 5.47. The summed E-state index contributed by atoms with van der Waals surface area (Å²) < 4.78 is 52.3. The maximum atomic E-state index is 14.4. The van der Waals surface area contributed by atoms with Crippen molar-refractivity contribution in [3.8, 4) is 5.75 Å². The van der Waals surface area contributed by atoms with Crippen molar-refractivity contribution < 1.29 is 22.3 Å². The van der Waals surface area contributed by atoms with Crippen LogP contribution in [0.5, 0.6) is 5.75 Å². The van der Waals surface area contributed by atoms with E-state index in [-0.39, 0.29) is 10.7 Å². The first-order valence-electron chi connectivity index (χ1n) is 10.3. The Balaban J connectivity index is 1.37. The van der Waals surface area contributed by atoms with Gasteiger partial charge in [-0.1, -0.05) is 6.07 Å². The second kappa shape index (κ2) is 8.91. The van der Waals surface area contributed by atoms with Gasteiger partial charge in [0.1, 0.15) is 18.2 Å². The second-order valence-corrected chi connectivity index (χ2v) is 9.56. The molecule has 1 fully saturated rings. The number of hydrogen-bond acceptors (Lipinski definition) is 5. The molecule has 0 radical (unpaired) electrons. The van der Waals surface area contributed by atoms with Gasteiger partial charge in [-0.15, -0.1) is 0 Å². The molecule has 30 heavy (non-hydrogen) atoms. The van der Waals surface area contributed by atoms with E-state index in [1.165, 1.54) is 10.4 Å². The van der Waals surface area contributed by atoms with Crippen LogP contribution >= 0.6 is 0 Å². The van der Waals surface area contributed by atoms with Gasteiger partial charge in [0.2, 0.25) is 10.0 Å². The monoisotopic (exact) mass is 434 g/mol. The highest BCUT2D eigenvalue weighted by Crippen LogP contribution is 2.32. The van der Waals surface area contributed by atoms with E-state index in [1.807, 2.05) is 17.9 Å². The summed E-state index contributed by atoms with van der Waals surface area (Å²) in [6.45, 7) is 5.35. The second-order valence-electron chi connectivity index (χ2n) is 7.62. The van der Waals surface area contributed by atoms with Gasteiger partial charge in [-0.3, -0.25) is 0 Å². The van der Waals surface area contributed by atoms with Gasteiger partial charge in [-0.2, -0.15) is 4.31 Å². The Bertz CT molecular complexity index is 989. The normalized spacial score (nSPS) is 17.6. The Hall–Kier alpha value is -2.16. The first-order valence-corrected chi connectivity index (χ1v) is 11.7. The molecule has 0 aliphatic carbocycles. The molecule has 2 heterocycles. The highest BCUT2D eigenvalue weighted by atomic mass is 32.2. The molecule has 2 aromatic rings. The topological polar surface area (TPSA) is 59.1 Å². The van der Waals surface area contributed by atoms with E-state index in [4.69, 9.17) is 9.47 Å². The van der Waals surface area contributed by atoms with Crippen LogP contribution in [0, 0.1) is 12.7 Å². The first kappa shape index (κ1) is 21.1. The Morgan fingerprint density at radius 1 is 1.07 bits per heavy atom. The minimum absolute atomic E-state index is 0.187. The van der Waals surface area contributed by atoms with Gasteiger partial charge in [0, 0.05) is 19.6 Å². The molecule has 2 aliphatic rings. The number of hydrogen-bond donors (Lipinski definition) is 0. The fourth-order valence-electron chi connectivity index (χ4n) is 4.07. The number of anilines is 1. The summed E-state index contributed by atoms with van der Waals surface area (Å²) in [4.78, 5) is 2.29. The fraction of sp³-hybridized carbons (Fsp3) is 0.455. The molecule has 2 aliphatic heterocycles. The standard InChI is InChI=1S/C22H27FN2O4S/c1-17-4-9-21(23)22-20(17)3-2-10-24(22)11-16-29-18-5-7-19(8-6-18)30(26,27)25-12-14-28-15-13-25/h4-9H,2-3,10-16H2,1H3. The molecular weight excluding hydrogens is 407 g/mol. The van der Waals surface area contributed by atoms with Crippen LogP contribution in [0.15, 0.2) is 41.3 Å². The summed E-state index contributed by atoms with van der Waals surface area (Å²) in [5.74, 6) is 0.408. The Labute approximate surface area is 177 Å². The highest BCUT2D eigenvalue weighted by Gasteiger charge is 2.26. The van der Waals surface area contributed by atoms with E-state index in [1.54, 1.807) is 24.3 Å². The van der Waals surface area contributed by atoms with Gasteiger partial charge in [0.15, 0.2) is 0 Å². The predicted molar refractivity (Wildman–Crippen MR) is 113 cm³/mol. The van der Waals surface area contributed by atoms with Crippen molar-refractivity contribution in [2.45, 2.75) is 24.7 Å². The van der Waals surface area contributed by atoms with Crippen molar-refractivity contribution in [1.82, 2.24) is 4.31 Å². The van der Waals surface area contributed by atoms with Crippen LogP contribution in [0.2, 0.25) is 0 Å². The van der Waals surface area contributed by atoms with Gasteiger partial charge in [0.25, 0.3) is 0 Å². The predicted octanol–water partition coefficient (Wildman–Crippen LogP) is 2.99. The van der Waals surface area contributed by atoms with Crippen molar-refractivity contribution in [3.05, 3.63) is 53.3 Å². The van der Waals surface area contributed by atoms with Gasteiger partial charge >= 0.3 is 0 Å². The van der Waals surface area contributed by atoms with Crippen LogP contribution in [0.1, 0.15) is 17.5 Å². The molecule has 4 rings (SSSR count). The quantitative estimate of drug-likeness (QED) is 0.700. The lowest BCUT2D eigenvalue weighted by Gasteiger charge is -2.32. The Morgan fingerprint density at radius 3 is 2.53 bits per heavy atom. The molecule has 0 spiro atoms. The summed E-state index contributed by atoms with van der Waals surface area (Å²) in [6.07, 6.45) is 1.89. The molecule has 0 saturated carbocycles. The highest BCUT2D eigenvalue weighted by molar-refractivity contribution is 7.89. The largest absolute Gasteiger partial charge is 0.492 e. The van der Waals surface area contributed by atoms with Gasteiger partial charge < -0.3 is 14.4 Å². The number of benzene rings is 2. The zero-order chi connectivity index (χ0) is 21.1. The Kier molecular flexibility index (Phi) is 6.26. The van der Waals surface area contributed by atoms with Crippen LogP contribution in [0.3, 0.4) is 0 Å². The zero-order valence-corrected chi connectivity index (χ0v) is 18.0. The summed E-state index contributed by atoms with van der Waals surface area (Å²) in [6, 6.07) is 9.84. The smallest absolute Gasteiger partial charge is 0.243 e. The van der Waals surface area contributed by atoms with Crippen LogP contribution in [-0.2, 0) is 21.2 Å². The lowest BCUT2D eigenvalue weighted by Crippen LogP contribution is -2.40. The van der Waals surface area contributed by atoms with Crippen LogP contribution in [-0.4, -0.2) is 58.7 Å². The molecule has 8 heteroatoms. The number of aryl methyl sites for hydroxylation is 1. The van der Waals surface area contributed by atoms with E-state index >= 15 is 0 Å². The number of ether oxygens (including phenoxy) is 2. The summed E-state index contributed by atoms with van der Waals surface area (Å²) >= 11 is 0. The molecule has 162 valence electrons. The lowest BCUT2D eigenvalue weighted by molar-refractivity contribution is 0.0730. The molecule has 0 amide bonds. The number of nitrogens with zero attached hydrogens (tertiary/aromatic N) is 2. The van der Waals surface area contributed by atoms with E-state index in [0.717, 1.165) is 30.5 Å².